The summed E-state index contributed by atoms with van der Waals surface area (Å²) in [6.45, 7) is 2.22. The van der Waals surface area contributed by atoms with Gasteiger partial charge in [0.2, 0.25) is 0 Å². The largest absolute Gasteiger partial charge is 0.423 e. The minimum Gasteiger partial charge on any atom is -0.423 e. The van der Waals surface area contributed by atoms with Crippen LogP contribution >= 0.6 is 0 Å². The predicted molar refractivity (Wildman–Crippen MR) is 92.8 cm³/mol. The fourth-order valence-electron chi connectivity index (χ4n) is 3.36. The number of halogens is 2. The topological polar surface area (TPSA) is 50.1 Å². The molecule has 0 aromatic heterocycles. The van der Waals surface area contributed by atoms with Crippen LogP contribution < -0.4 is 4.74 Å². The lowest BCUT2D eigenvalue weighted by molar-refractivity contribution is 0.0729. The third kappa shape index (κ3) is 3.91. The number of hydrogen-bond donors (Lipinski definition) is 0. The van der Waals surface area contributed by atoms with Gasteiger partial charge in [0.1, 0.15) is 23.5 Å². The van der Waals surface area contributed by atoms with Crippen molar-refractivity contribution in [2.75, 3.05) is 0 Å². The Labute approximate surface area is 151 Å². The predicted octanol–water partition coefficient (Wildman–Crippen LogP) is 5.35. The molecule has 1 aliphatic carbocycles. The molecule has 134 valence electrons. The van der Waals surface area contributed by atoms with Gasteiger partial charge in [0.15, 0.2) is 0 Å². The van der Waals surface area contributed by atoms with Crippen molar-refractivity contribution in [3.8, 4) is 11.8 Å². The van der Waals surface area contributed by atoms with Crippen LogP contribution in [0.5, 0.6) is 5.75 Å². The van der Waals surface area contributed by atoms with Crippen LogP contribution in [-0.2, 0) is 0 Å². The van der Waals surface area contributed by atoms with Crippen molar-refractivity contribution in [2.24, 2.45) is 5.92 Å². The molecule has 1 aliphatic rings. The highest BCUT2D eigenvalue weighted by molar-refractivity contribution is 5.91. The maximum absolute atomic E-state index is 14.4. The van der Waals surface area contributed by atoms with Crippen molar-refractivity contribution in [2.45, 2.75) is 38.5 Å². The molecule has 0 aliphatic heterocycles. The second kappa shape index (κ2) is 7.65. The Hall–Kier alpha value is -2.74. The van der Waals surface area contributed by atoms with Gasteiger partial charge in [-0.1, -0.05) is 25.8 Å². The summed E-state index contributed by atoms with van der Waals surface area (Å²) in [5.41, 5.74) is 0.556. The Balaban J connectivity index is 1.74. The molecule has 0 atom stereocenters. The van der Waals surface area contributed by atoms with E-state index in [1.165, 1.54) is 24.3 Å². The first-order valence-corrected chi connectivity index (χ1v) is 8.69. The van der Waals surface area contributed by atoms with E-state index in [1.54, 1.807) is 12.1 Å². The summed E-state index contributed by atoms with van der Waals surface area (Å²) >= 11 is 0. The summed E-state index contributed by atoms with van der Waals surface area (Å²) in [6.07, 6.45) is 4.30. The van der Waals surface area contributed by atoms with Crippen molar-refractivity contribution in [3.05, 3.63) is 64.7 Å². The Morgan fingerprint density at radius 2 is 1.81 bits per heavy atom. The minimum absolute atomic E-state index is 0.0729. The number of ether oxygens (including phenoxy) is 1. The Bertz CT molecular complexity index is 865. The highest BCUT2D eigenvalue weighted by Gasteiger charge is 2.22. The van der Waals surface area contributed by atoms with E-state index >= 15 is 0 Å². The minimum atomic E-state index is -0.893. The van der Waals surface area contributed by atoms with Gasteiger partial charge in [-0.05, 0) is 54.5 Å². The Morgan fingerprint density at radius 3 is 2.42 bits per heavy atom. The molecule has 0 bridgehead atoms. The number of hydrogen-bond acceptors (Lipinski definition) is 3. The molecule has 26 heavy (non-hydrogen) atoms. The first-order chi connectivity index (χ1) is 12.5. The third-order valence-corrected chi connectivity index (χ3v) is 4.97. The standard InChI is InChI=1S/C21H19F2NO2/c1-13-2-4-14(5-3-13)15-7-9-18(20(23)10-15)21(25)26-17-8-6-16(12-24)19(22)11-17/h6-11,13-14H,2-5H2,1H3. The van der Waals surface area contributed by atoms with Crippen LogP contribution in [0.15, 0.2) is 36.4 Å². The van der Waals surface area contributed by atoms with Crippen LogP contribution in [0.1, 0.15) is 60.0 Å². The quantitative estimate of drug-likeness (QED) is 0.551. The number of benzene rings is 2. The zero-order valence-electron chi connectivity index (χ0n) is 14.5. The first-order valence-electron chi connectivity index (χ1n) is 8.69. The molecule has 5 heteroatoms. The summed E-state index contributed by atoms with van der Waals surface area (Å²) in [7, 11) is 0. The number of esters is 1. The van der Waals surface area contributed by atoms with Crippen LogP contribution in [0.3, 0.4) is 0 Å². The molecule has 1 saturated carbocycles. The van der Waals surface area contributed by atoms with E-state index in [2.05, 4.69) is 6.92 Å². The second-order valence-electron chi connectivity index (χ2n) is 6.84. The Kier molecular flexibility index (Phi) is 5.32. The van der Waals surface area contributed by atoms with Crippen molar-refractivity contribution in [3.63, 3.8) is 0 Å². The number of nitrogens with zero attached hydrogens (tertiary/aromatic N) is 1. The molecule has 0 heterocycles. The smallest absolute Gasteiger partial charge is 0.346 e. The van der Waals surface area contributed by atoms with Crippen molar-refractivity contribution in [1.82, 2.24) is 0 Å². The first kappa shape index (κ1) is 18.1. The normalized spacial score (nSPS) is 19.6. The summed E-state index contributed by atoms with van der Waals surface area (Å²) in [5, 5.41) is 8.71. The molecular formula is C21H19F2NO2. The lowest BCUT2D eigenvalue weighted by Gasteiger charge is -2.26. The highest BCUT2D eigenvalue weighted by atomic mass is 19.1. The summed E-state index contributed by atoms with van der Waals surface area (Å²) in [5.74, 6) is -1.37. The van der Waals surface area contributed by atoms with Crippen molar-refractivity contribution in [1.29, 1.82) is 5.26 Å². The monoisotopic (exact) mass is 355 g/mol. The van der Waals surface area contributed by atoms with Crippen molar-refractivity contribution >= 4 is 5.97 Å². The Morgan fingerprint density at radius 1 is 1.08 bits per heavy atom. The number of carbonyl (C=O) groups is 1. The van der Waals surface area contributed by atoms with Crippen LogP contribution in [0, 0.1) is 28.9 Å². The molecule has 0 radical (unpaired) electrons. The van der Waals surface area contributed by atoms with Gasteiger partial charge >= 0.3 is 5.97 Å². The van der Waals surface area contributed by atoms with E-state index in [0.717, 1.165) is 37.3 Å². The second-order valence-corrected chi connectivity index (χ2v) is 6.84. The van der Waals surface area contributed by atoms with Crippen LogP contribution in [0.25, 0.3) is 0 Å². The average molecular weight is 355 g/mol. The molecule has 1 fully saturated rings. The van der Waals surface area contributed by atoms with E-state index in [-0.39, 0.29) is 16.9 Å². The average Bonchev–Trinajstić information content (AvgIpc) is 2.62. The molecule has 0 saturated heterocycles. The zero-order valence-corrected chi connectivity index (χ0v) is 14.5. The lowest BCUT2D eigenvalue weighted by Crippen LogP contribution is -2.14. The number of nitriles is 1. The van der Waals surface area contributed by atoms with Gasteiger partial charge in [0, 0.05) is 6.07 Å². The van der Waals surface area contributed by atoms with Gasteiger partial charge in [-0.2, -0.15) is 5.26 Å². The molecule has 2 aromatic carbocycles. The molecule has 2 aromatic rings. The van der Waals surface area contributed by atoms with Gasteiger partial charge in [-0.25, -0.2) is 13.6 Å². The van der Waals surface area contributed by atoms with Gasteiger partial charge in [0.05, 0.1) is 11.1 Å². The van der Waals surface area contributed by atoms with E-state index in [1.807, 2.05) is 0 Å². The molecule has 0 amide bonds. The molecule has 0 N–H and O–H groups in total. The van der Waals surface area contributed by atoms with Gasteiger partial charge in [0.25, 0.3) is 0 Å². The summed E-state index contributed by atoms with van der Waals surface area (Å²) in [4.78, 5) is 12.2. The molecule has 3 rings (SSSR count). The zero-order chi connectivity index (χ0) is 18.7. The molecule has 3 nitrogen and oxygen atoms in total. The lowest BCUT2D eigenvalue weighted by atomic mass is 9.79. The van der Waals surface area contributed by atoms with E-state index < -0.39 is 17.6 Å². The van der Waals surface area contributed by atoms with Gasteiger partial charge in [-0.3, -0.25) is 0 Å². The molecule has 0 unspecified atom stereocenters. The maximum Gasteiger partial charge on any atom is 0.346 e. The van der Waals surface area contributed by atoms with Crippen LogP contribution in [0.2, 0.25) is 0 Å². The number of carbonyl (C=O) groups excluding carboxylic acids is 1. The fraction of sp³-hybridized carbons (Fsp3) is 0.333. The van der Waals surface area contributed by atoms with Gasteiger partial charge < -0.3 is 4.74 Å². The van der Waals surface area contributed by atoms with Crippen LogP contribution in [-0.4, -0.2) is 5.97 Å². The number of rotatable bonds is 3. The van der Waals surface area contributed by atoms with E-state index in [4.69, 9.17) is 10.00 Å². The molecule has 0 spiro atoms. The SMILES string of the molecule is CC1CCC(c2ccc(C(=O)Oc3ccc(C#N)c(F)c3)c(F)c2)CC1. The van der Waals surface area contributed by atoms with Gasteiger partial charge in [-0.15, -0.1) is 0 Å². The maximum atomic E-state index is 14.4. The van der Waals surface area contributed by atoms with E-state index in [0.29, 0.717) is 11.8 Å². The summed E-state index contributed by atoms with van der Waals surface area (Å²) < 4.78 is 33.0. The molecular weight excluding hydrogens is 336 g/mol. The third-order valence-electron chi connectivity index (χ3n) is 4.97. The van der Waals surface area contributed by atoms with Crippen LogP contribution in [0.4, 0.5) is 8.78 Å². The van der Waals surface area contributed by atoms with Crippen molar-refractivity contribution < 1.29 is 18.3 Å². The van der Waals surface area contributed by atoms with E-state index in [9.17, 15) is 13.6 Å². The summed E-state index contributed by atoms with van der Waals surface area (Å²) in [6, 6.07) is 9.71. The fourth-order valence-corrected chi connectivity index (χ4v) is 3.36. The highest BCUT2D eigenvalue weighted by Crippen LogP contribution is 2.36.